The Labute approximate surface area is 110 Å². The molecule has 0 amide bonds. The molecule has 1 aromatic heterocycles. The SMILES string of the molecule is Cc1cccc(CSc2cnc(C(=N)N)cn2)c1. The zero-order valence-corrected chi connectivity index (χ0v) is 10.9. The van der Waals surface area contributed by atoms with Gasteiger partial charge in [0.05, 0.1) is 12.4 Å². The van der Waals surface area contributed by atoms with Gasteiger partial charge in [-0.05, 0) is 12.5 Å². The molecule has 4 nitrogen and oxygen atoms in total. The molecule has 0 atom stereocenters. The summed E-state index contributed by atoms with van der Waals surface area (Å²) in [6.07, 6.45) is 3.18. The first-order valence-corrected chi connectivity index (χ1v) is 6.48. The summed E-state index contributed by atoms with van der Waals surface area (Å²) in [7, 11) is 0. The fraction of sp³-hybridized carbons (Fsp3) is 0.154. The number of nitrogen functional groups attached to an aromatic ring is 1. The number of benzene rings is 1. The zero-order chi connectivity index (χ0) is 13.0. The van der Waals surface area contributed by atoms with E-state index in [1.165, 1.54) is 17.3 Å². The van der Waals surface area contributed by atoms with Crippen molar-refractivity contribution < 1.29 is 0 Å². The Bertz CT molecular complexity index is 551. The highest BCUT2D eigenvalue weighted by atomic mass is 32.2. The van der Waals surface area contributed by atoms with Crippen molar-refractivity contribution in [3.8, 4) is 0 Å². The lowest BCUT2D eigenvalue weighted by atomic mass is 10.2. The van der Waals surface area contributed by atoms with Crippen molar-refractivity contribution in [1.82, 2.24) is 9.97 Å². The van der Waals surface area contributed by atoms with E-state index >= 15 is 0 Å². The summed E-state index contributed by atoms with van der Waals surface area (Å²) in [6, 6.07) is 8.38. The van der Waals surface area contributed by atoms with E-state index in [-0.39, 0.29) is 5.84 Å². The lowest BCUT2D eigenvalue weighted by Crippen LogP contribution is -2.13. The lowest BCUT2D eigenvalue weighted by Gasteiger charge is -2.03. The standard InChI is InChI=1S/C13H14N4S/c1-9-3-2-4-10(5-9)8-18-12-7-16-11(6-17-12)13(14)15/h2-7H,8H2,1H3,(H3,14,15). The first-order chi connectivity index (χ1) is 8.65. The van der Waals surface area contributed by atoms with Crippen molar-refractivity contribution in [2.24, 2.45) is 5.73 Å². The monoisotopic (exact) mass is 258 g/mol. The molecular weight excluding hydrogens is 244 g/mol. The molecule has 2 rings (SSSR count). The Balaban J connectivity index is 2.00. The van der Waals surface area contributed by atoms with Crippen LogP contribution in [0.4, 0.5) is 0 Å². The maximum Gasteiger partial charge on any atom is 0.143 e. The van der Waals surface area contributed by atoms with Gasteiger partial charge in [-0.3, -0.25) is 5.41 Å². The summed E-state index contributed by atoms with van der Waals surface area (Å²) in [5.74, 6) is 0.799. The minimum atomic E-state index is -0.0577. The largest absolute Gasteiger partial charge is 0.382 e. The molecule has 0 spiro atoms. The molecule has 2 aromatic rings. The highest BCUT2D eigenvalue weighted by Crippen LogP contribution is 2.20. The van der Waals surface area contributed by atoms with E-state index < -0.39 is 0 Å². The molecule has 3 N–H and O–H groups in total. The second-order valence-electron chi connectivity index (χ2n) is 3.93. The summed E-state index contributed by atoms with van der Waals surface area (Å²) in [6.45, 7) is 2.08. The molecule has 0 radical (unpaired) electrons. The maximum atomic E-state index is 7.23. The highest BCUT2D eigenvalue weighted by Gasteiger charge is 2.01. The van der Waals surface area contributed by atoms with Crippen LogP contribution in [0.25, 0.3) is 0 Å². The third kappa shape index (κ3) is 3.30. The zero-order valence-electron chi connectivity index (χ0n) is 10.1. The van der Waals surface area contributed by atoms with Crippen LogP contribution in [0.2, 0.25) is 0 Å². The van der Waals surface area contributed by atoms with Gasteiger partial charge >= 0.3 is 0 Å². The molecule has 92 valence electrons. The van der Waals surface area contributed by atoms with E-state index in [4.69, 9.17) is 11.1 Å². The van der Waals surface area contributed by atoms with Gasteiger partial charge < -0.3 is 5.73 Å². The Morgan fingerprint density at radius 1 is 1.33 bits per heavy atom. The molecule has 0 fully saturated rings. The number of nitrogens with two attached hydrogens (primary N) is 1. The molecule has 0 bridgehead atoms. The van der Waals surface area contributed by atoms with Crippen LogP contribution in [0.1, 0.15) is 16.8 Å². The smallest absolute Gasteiger partial charge is 0.143 e. The van der Waals surface area contributed by atoms with Crippen LogP contribution in [0.15, 0.2) is 41.7 Å². The molecule has 0 saturated heterocycles. The van der Waals surface area contributed by atoms with Gasteiger partial charge in [-0.1, -0.05) is 29.8 Å². The summed E-state index contributed by atoms with van der Waals surface area (Å²) in [5, 5.41) is 8.07. The number of aromatic nitrogens is 2. The predicted octanol–water partition coefficient (Wildman–Crippen LogP) is 2.36. The molecule has 5 heteroatoms. The fourth-order valence-electron chi connectivity index (χ4n) is 1.49. The third-order valence-corrected chi connectivity index (χ3v) is 3.36. The van der Waals surface area contributed by atoms with Crippen LogP contribution < -0.4 is 5.73 Å². The van der Waals surface area contributed by atoms with Crippen molar-refractivity contribution >= 4 is 17.6 Å². The summed E-state index contributed by atoms with van der Waals surface area (Å²) >= 11 is 1.62. The van der Waals surface area contributed by atoms with E-state index in [1.54, 1.807) is 18.0 Å². The number of thioether (sulfide) groups is 1. The van der Waals surface area contributed by atoms with Gasteiger partial charge in [0.2, 0.25) is 0 Å². The van der Waals surface area contributed by atoms with Crippen molar-refractivity contribution in [2.45, 2.75) is 17.7 Å². The van der Waals surface area contributed by atoms with Crippen molar-refractivity contribution in [1.29, 1.82) is 5.41 Å². The first-order valence-electron chi connectivity index (χ1n) is 5.50. The predicted molar refractivity (Wildman–Crippen MR) is 73.8 cm³/mol. The summed E-state index contributed by atoms with van der Waals surface area (Å²) in [4.78, 5) is 8.29. The fourth-order valence-corrected chi connectivity index (χ4v) is 2.24. The quantitative estimate of drug-likeness (QED) is 0.501. The number of nitrogens with one attached hydrogen (secondary N) is 1. The Hall–Kier alpha value is -1.88. The first kappa shape index (κ1) is 12.6. The molecule has 0 aliphatic carbocycles. The van der Waals surface area contributed by atoms with E-state index in [9.17, 15) is 0 Å². The van der Waals surface area contributed by atoms with Crippen LogP contribution in [-0.4, -0.2) is 15.8 Å². The average Bonchev–Trinajstić information content (AvgIpc) is 2.37. The maximum absolute atomic E-state index is 7.23. The van der Waals surface area contributed by atoms with E-state index in [0.29, 0.717) is 5.69 Å². The molecule has 0 aliphatic heterocycles. The van der Waals surface area contributed by atoms with Crippen LogP contribution >= 0.6 is 11.8 Å². The van der Waals surface area contributed by atoms with Gasteiger partial charge in [0, 0.05) is 5.75 Å². The van der Waals surface area contributed by atoms with Gasteiger partial charge in [0.1, 0.15) is 16.6 Å². The summed E-state index contributed by atoms with van der Waals surface area (Å²) in [5.41, 5.74) is 8.25. The number of hydrogen-bond donors (Lipinski definition) is 2. The van der Waals surface area contributed by atoms with E-state index in [1.807, 2.05) is 0 Å². The molecule has 18 heavy (non-hydrogen) atoms. The second kappa shape index (κ2) is 5.64. The highest BCUT2D eigenvalue weighted by molar-refractivity contribution is 7.98. The normalized spacial score (nSPS) is 10.3. The minimum absolute atomic E-state index is 0.0577. The lowest BCUT2D eigenvalue weighted by molar-refractivity contribution is 1.04. The van der Waals surface area contributed by atoms with Crippen LogP contribution in [-0.2, 0) is 5.75 Å². The number of hydrogen-bond acceptors (Lipinski definition) is 4. The van der Waals surface area contributed by atoms with Gasteiger partial charge in [0.15, 0.2) is 0 Å². The Morgan fingerprint density at radius 3 is 2.78 bits per heavy atom. The van der Waals surface area contributed by atoms with Crippen LogP contribution in [0, 0.1) is 12.3 Å². The second-order valence-corrected chi connectivity index (χ2v) is 4.93. The topological polar surface area (TPSA) is 75.7 Å². The number of amidine groups is 1. The third-order valence-electron chi connectivity index (χ3n) is 2.37. The van der Waals surface area contributed by atoms with Crippen molar-refractivity contribution in [3.05, 3.63) is 53.5 Å². The molecule has 1 heterocycles. The van der Waals surface area contributed by atoms with Crippen molar-refractivity contribution in [2.75, 3.05) is 0 Å². The number of aryl methyl sites for hydroxylation is 1. The molecule has 0 aliphatic rings. The van der Waals surface area contributed by atoms with Crippen molar-refractivity contribution in [3.63, 3.8) is 0 Å². The van der Waals surface area contributed by atoms with E-state index in [2.05, 4.69) is 41.2 Å². The van der Waals surface area contributed by atoms with Crippen LogP contribution in [0.3, 0.4) is 0 Å². The van der Waals surface area contributed by atoms with Gasteiger partial charge in [-0.15, -0.1) is 11.8 Å². The average molecular weight is 258 g/mol. The number of nitrogens with zero attached hydrogens (tertiary/aromatic N) is 2. The molecule has 0 unspecified atom stereocenters. The molecule has 1 aromatic carbocycles. The molecular formula is C13H14N4S. The number of rotatable bonds is 4. The van der Waals surface area contributed by atoms with Gasteiger partial charge in [-0.25, -0.2) is 9.97 Å². The summed E-state index contributed by atoms with van der Waals surface area (Å²) < 4.78 is 0. The Kier molecular flexibility index (Phi) is 3.94. The van der Waals surface area contributed by atoms with E-state index in [0.717, 1.165) is 10.8 Å². The van der Waals surface area contributed by atoms with Gasteiger partial charge in [-0.2, -0.15) is 0 Å². The Morgan fingerprint density at radius 2 is 2.17 bits per heavy atom. The van der Waals surface area contributed by atoms with Gasteiger partial charge in [0.25, 0.3) is 0 Å². The molecule has 0 saturated carbocycles. The minimum Gasteiger partial charge on any atom is -0.382 e. The van der Waals surface area contributed by atoms with Crippen LogP contribution in [0.5, 0.6) is 0 Å².